The van der Waals surface area contributed by atoms with Crippen LogP contribution in [0.25, 0.3) is 22.1 Å². The Bertz CT molecular complexity index is 835. The van der Waals surface area contributed by atoms with Crippen LogP contribution in [0.15, 0.2) is 57.9 Å². The van der Waals surface area contributed by atoms with E-state index in [-0.39, 0.29) is 5.43 Å². The lowest BCUT2D eigenvalue weighted by Crippen LogP contribution is -2.04. The molecule has 0 aliphatic rings. The molecule has 1 aromatic heterocycles. The minimum absolute atomic E-state index is 0.0679. The van der Waals surface area contributed by atoms with Crippen LogP contribution in [0.5, 0.6) is 5.75 Å². The molecule has 3 nitrogen and oxygen atoms in total. The summed E-state index contributed by atoms with van der Waals surface area (Å²) in [5, 5.41) is 1.16. The molecule has 21 heavy (non-hydrogen) atoms. The summed E-state index contributed by atoms with van der Waals surface area (Å²) in [6, 6.07) is 12.3. The first-order valence-corrected chi connectivity index (χ1v) is 7.01. The van der Waals surface area contributed by atoms with E-state index in [1.807, 2.05) is 6.92 Å². The molecule has 2 aromatic carbocycles. The number of hydrogen-bond donors (Lipinski definition) is 0. The highest BCUT2D eigenvalue weighted by Crippen LogP contribution is 2.24. The topological polar surface area (TPSA) is 39.4 Å². The largest absolute Gasteiger partial charge is 0.494 e. The smallest absolute Gasteiger partial charge is 0.200 e. The molecule has 4 heteroatoms. The van der Waals surface area contributed by atoms with Gasteiger partial charge in [-0.1, -0.05) is 23.7 Å². The maximum atomic E-state index is 12.5. The highest BCUT2D eigenvalue weighted by atomic mass is 35.5. The third-order valence-corrected chi connectivity index (χ3v) is 3.46. The molecule has 0 radical (unpaired) electrons. The number of fused-ring (bicyclic) bond motifs is 1. The van der Waals surface area contributed by atoms with Gasteiger partial charge >= 0.3 is 0 Å². The molecule has 0 N–H and O–H groups in total. The van der Waals surface area contributed by atoms with E-state index in [1.54, 1.807) is 42.5 Å². The maximum absolute atomic E-state index is 12.5. The van der Waals surface area contributed by atoms with Crippen molar-refractivity contribution in [1.82, 2.24) is 0 Å². The Morgan fingerprint density at radius 1 is 1.14 bits per heavy atom. The molecule has 3 rings (SSSR count). The van der Waals surface area contributed by atoms with E-state index in [0.29, 0.717) is 33.9 Å². The third-order valence-electron chi connectivity index (χ3n) is 3.21. The van der Waals surface area contributed by atoms with Crippen molar-refractivity contribution in [2.24, 2.45) is 0 Å². The molecule has 0 aliphatic carbocycles. The lowest BCUT2D eigenvalue weighted by Gasteiger charge is -2.05. The van der Waals surface area contributed by atoms with Gasteiger partial charge in [-0.2, -0.15) is 0 Å². The summed E-state index contributed by atoms with van der Waals surface area (Å²) in [6.45, 7) is 2.47. The molecule has 106 valence electrons. The van der Waals surface area contributed by atoms with E-state index in [4.69, 9.17) is 20.8 Å². The minimum Gasteiger partial charge on any atom is -0.494 e. The molecule has 0 saturated heterocycles. The van der Waals surface area contributed by atoms with E-state index in [1.165, 1.54) is 6.26 Å². The summed E-state index contributed by atoms with van der Waals surface area (Å²) < 4.78 is 11.0. The fraction of sp³-hybridized carbons (Fsp3) is 0.118. The van der Waals surface area contributed by atoms with Gasteiger partial charge in [0.05, 0.1) is 17.6 Å². The fourth-order valence-corrected chi connectivity index (χ4v) is 2.32. The van der Waals surface area contributed by atoms with Crippen LogP contribution in [-0.4, -0.2) is 6.61 Å². The first-order chi connectivity index (χ1) is 10.2. The van der Waals surface area contributed by atoms with Gasteiger partial charge in [-0.15, -0.1) is 0 Å². The molecule has 0 spiro atoms. The molecule has 0 aliphatic heterocycles. The van der Waals surface area contributed by atoms with Crippen LogP contribution in [0.3, 0.4) is 0 Å². The normalized spacial score (nSPS) is 10.8. The Hall–Kier alpha value is -2.26. The predicted octanol–water partition coefficient (Wildman–Crippen LogP) is 4.51. The van der Waals surface area contributed by atoms with Gasteiger partial charge in [-0.05, 0) is 36.8 Å². The highest BCUT2D eigenvalue weighted by Gasteiger charge is 2.10. The van der Waals surface area contributed by atoms with Crippen LogP contribution in [-0.2, 0) is 0 Å². The number of hydrogen-bond acceptors (Lipinski definition) is 3. The van der Waals surface area contributed by atoms with Crippen LogP contribution < -0.4 is 10.2 Å². The highest BCUT2D eigenvalue weighted by molar-refractivity contribution is 6.30. The zero-order valence-electron chi connectivity index (χ0n) is 11.4. The number of halogens is 1. The zero-order chi connectivity index (χ0) is 14.8. The average Bonchev–Trinajstić information content (AvgIpc) is 2.49. The van der Waals surface area contributed by atoms with E-state index in [0.717, 1.165) is 5.56 Å². The lowest BCUT2D eigenvalue weighted by atomic mass is 10.1. The quantitative estimate of drug-likeness (QED) is 0.714. The summed E-state index contributed by atoms with van der Waals surface area (Å²) in [6.07, 6.45) is 1.48. The van der Waals surface area contributed by atoms with Crippen molar-refractivity contribution in [1.29, 1.82) is 0 Å². The van der Waals surface area contributed by atoms with Crippen LogP contribution in [0, 0.1) is 0 Å². The molecule has 0 amide bonds. The second kappa shape index (κ2) is 5.62. The number of ether oxygens (including phenoxy) is 1. The summed E-state index contributed by atoms with van der Waals surface area (Å²) >= 11 is 5.87. The minimum atomic E-state index is -0.0679. The van der Waals surface area contributed by atoms with Crippen molar-refractivity contribution in [3.63, 3.8) is 0 Å². The molecule has 0 fully saturated rings. The van der Waals surface area contributed by atoms with Gasteiger partial charge < -0.3 is 9.15 Å². The Labute approximate surface area is 126 Å². The van der Waals surface area contributed by atoms with Crippen molar-refractivity contribution in [2.75, 3.05) is 6.61 Å². The monoisotopic (exact) mass is 300 g/mol. The van der Waals surface area contributed by atoms with Crippen molar-refractivity contribution in [3.05, 3.63) is 64.0 Å². The molecule has 0 bridgehead atoms. The number of rotatable bonds is 3. The van der Waals surface area contributed by atoms with Gasteiger partial charge in [-0.25, -0.2) is 0 Å². The van der Waals surface area contributed by atoms with Crippen LogP contribution in [0.1, 0.15) is 6.92 Å². The van der Waals surface area contributed by atoms with Crippen LogP contribution in [0.2, 0.25) is 5.02 Å². The van der Waals surface area contributed by atoms with Gasteiger partial charge in [0.2, 0.25) is 0 Å². The fourth-order valence-electron chi connectivity index (χ4n) is 2.19. The number of benzene rings is 2. The van der Waals surface area contributed by atoms with Gasteiger partial charge in [0.15, 0.2) is 5.43 Å². The molecule has 0 unspecified atom stereocenters. The van der Waals surface area contributed by atoms with Crippen LogP contribution >= 0.6 is 11.6 Å². The van der Waals surface area contributed by atoms with Crippen molar-refractivity contribution < 1.29 is 9.15 Å². The molecular formula is C17H13ClO3. The van der Waals surface area contributed by atoms with Gasteiger partial charge in [0, 0.05) is 11.1 Å². The molecule has 0 saturated carbocycles. The summed E-state index contributed by atoms with van der Waals surface area (Å²) in [7, 11) is 0. The average molecular weight is 301 g/mol. The molecule has 1 heterocycles. The first-order valence-electron chi connectivity index (χ1n) is 6.63. The molecule has 3 aromatic rings. The Kier molecular flexibility index (Phi) is 3.67. The Morgan fingerprint density at radius 2 is 1.90 bits per heavy atom. The van der Waals surface area contributed by atoms with Gasteiger partial charge in [0.25, 0.3) is 0 Å². The Morgan fingerprint density at radius 3 is 2.62 bits per heavy atom. The summed E-state index contributed by atoms with van der Waals surface area (Å²) in [5.41, 5.74) is 1.75. The van der Waals surface area contributed by atoms with E-state index >= 15 is 0 Å². The first kappa shape index (κ1) is 13.7. The predicted molar refractivity (Wildman–Crippen MR) is 84.1 cm³/mol. The Balaban J connectivity index is 2.14. The second-order valence-corrected chi connectivity index (χ2v) is 5.01. The van der Waals surface area contributed by atoms with E-state index < -0.39 is 0 Å². The zero-order valence-corrected chi connectivity index (χ0v) is 12.2. The van der Waals surface area contributed by atoms with E-state index in [2.05, 4.69) is 0 Å². The molecule has 0 atom stereocenters. The SMILES string of the molecule is CCOc1ccc2c(=O)c(-c3ccc(Cl)cc3)coc2c1. The van der Waals surface area contributed by atoms with Crippen LogP contribution in [0.4, 0.5) is 0 Å². The van der Waals surface area contributed by atoms with Gasteiger partial charge in [0.1, 0.15) is 17.6 Å². The standard InChI is InChI=1S/C17H13ClO3/c1-2-20-13-7-8-14-16(9-13)21-10-15(17(14)19)11-3-5-12(18)6-4-11/h3-10H,2H2,1H3. The van der Waals surface area contributed by atoms with Gasteiger partial charge in [-0.3, -0.25) is 4.79 Å². The third kappa shape index (κ3) is 2.65. The second-order valence-electron chi connectivity index (χ2n) is 4.58. The van der Waals surface area contributed by atoms with E-state index in [9.17, 15) is 4.79 Å². The molecular weight excluding hydrogens is 288 g/mol. The van der Waals surface area contributed by atoms with Crippen molar-refractivity contribution >= 4 is 22.6 Å². The lowest BCUT2D eigenvalue weighted by molar-refractivity contribution is 0.340. The summed E-state index contributed by atoms with van der Waals surface area (Å²) in [5.74, 6) is 0.687. The summed E-state index contributed by atoms with van der Waals surface area (Å²) in [4.78, 5) is 12.5. The van der Waals surface area contributed by atoms with Crippen molar-refractivity contribution in [3.8, 4) is 16.9 Å². The van der Waals surface area contributed by atoms with Crippen molar-refractivity contribution in [2.45, 2.75) is 6.92 Å². The maximum Gasteiger partial charge on any atom is 0.200 e.